The van der Waals surface area contributed by atoms with Crippen molar-refractivity contribution in [2.75, 3.05) is 12.0 Å². The van der Waals surface area contributed by atoms with Crippen LogP contribution in [-0.2, 0) is 9.84 Å². The maximum absolute atomic E-state index is 11.2. The van der Waals surface area contributed by atoms with Crippen molar-refractivity contribution < 1.29 is 8.42 Å². The van der Waals surface area contributed by atoms with E-state index in [1.807, 2.05) is 6.92 Å². The summed E-state index contributed by atoms with van der Waals surface area (Å²) in [7, 11) is -2.93. The van der Waals surface area contributed by atoms with Crippen molar-refractivity contribution in [2.24, 2.45) is 0 Å². The molecule has 0 aliphatic heterocycles. The number of hydrogen-bond donors (Lipinski definition) is 1. The summed E-state index contributed by atoms with van der Waals surface area (Å²) >= 11 is 0. The molecule has 0 radical (unpaired) electrons. The number of nitrogens with one attached hydrogen (secondary N) is 1. The van der Waals surface area contributed by atoms with Crippen LogP contribution in [-0.4, -0.2) is 26.5 Å². The Bertz CT molecular complexity index is 488. The first-order valence-corrected chi connectivity index (χ1v) is 8.25. The van der Waals surface area contributed by atoms with Crippen LogP contribution < -0.4 is 5.32 Å². The van der Waals surface area contributed by atoms with E-state index in [4.69, 9.17) is 0 Å². The van der Waals surface area contributed by atoms with Gasteiger partial charge in [-0.05, 0) is 33.3 Å². The molecule has 1 rings (SSSR count). The summed E-state index contributed by atoms with van der Waals surface area (Å²) in [6.45, 7) is 8.11. The van der Waals surface area contributed by atoms with Gasteiger partial charge in [-0.2, -0.15) is 0 Å². The van der Waals surface area contributed by atoms with Gasteiger partial charge in [0.25, 0.3) is 0 Å². The Balaban J connectivity index is 2.73. The van der Waals surface area contributed by atoms with Crippen molar-refractivity contribution in [1.82, 2.24) is 5.32 Å². The standard InChI is InChI=1S/C14H23NO2S/c1-10-6-11(2)8-14(7-10)13(4)15-12(3)9-18(5,16)17/h6-8,12-13,15H,9H2,1-5H3. The molecule has 0 heterocycles. The molecule has 0 saturated heterocycles. The largest absolute Gasteiger partial charge is 0.307 e. The molecule has 1 aromatic rings. The summed E-state index contributed by atoms with van der Waals surface area (Å²) in [6, 6.07) is 6.52. The Morgan fingerprint density at radius 3 is 2.06 bits per heavy atom. The Labute approximate surface area is 111 Å². The van der Waals surface area contributed by atoms with Crippen LogP contribution in [0.3, 0.4) is 0 Å². The summed E-state index contributed by atoms with van der Waals surface area (Å²) in [4.78, 5) is 0. The first-order chi connectivity index (χ1) is 8.17. The van der Waals surface area contributed by atoms with Gasteiger partial charge >= 0.3 is 0 Å². The van der Waals surface area contributed by atoms with Crippen LogP contribution in [0.1, 0.15) is 36.6 Å². The molecule has 4 heteroatoms. The van der Waals surface area contributed by atoms with Crippen molar-refractivity contribution in [3.8, 4) is 0 Å². The topological polar surface area (TPSA) is 46.2 Å². The van der Waals surface area contributed by atoms with E-state index in [2.05, 4.69) is 44.3 Å². The Morgan fingerprint density at radius 2 is 1.61 bits per heavy atom. The Hall–Kier alpha value is -0.870. The van der Waals surface area contributed by atoms with Crippen molar-refractivity contribution in [2.45, 2.75) is 39.8 Å². The second-order valence-electron chi connectivity index (χ2n) is 5.30. The van der Waals surface area contributed by atoms with Gasteiger partial charge in [-0.1, -0.05) is 29.3 Å². The third kappa shape index (κ3) is 5.19. The fraction of sp³-hybridized carbons (Fsp3) is 0.571. The predicted octanol–water partition coefficient (Wildman–Crippen LogP) is 2.39. The highest BCUT2D eigenvalue weighted by Gasteiger charge is 2.14. The minimum Gasteiger partial charge on any atom is -0.307 e. The smallest absolute Gasteiger partial charge is 0.148 e. The lowest BCUT2D eigenvalue weighted by atomic mass is 10.0. The van der Waals surface area contributed by atoms with Crippen LogP contribution >= 0.6 is 0 Å². The molecule has 0 spiro atoms. The van der Waals surface area contributed by atoms with Crippen LogP contribution in [0.25, 0.3) is 0 Å². The zero-order valence-electron chi connectivity index (χ0n) is 11.8. The SMILES string of the molecule is Cc1cc(C)cc(C(C)NC(C)CS(C)(=O)=O)c1. The molecule has 0 aromatic heterocycles. The normalized spacial score (nSPS) is 15.4. The minimum atomic E-state index is -2.93. The molecular formula is C14H23NO2S. The quantitative estimate of drug-likeness (QED) is 0.892. The first-order valence-electron chi connectivity index (χ1n) is 6.19. The average molecular weight is 269 g/mol. The van der Waals surface area contributed by atoms with Gasteiger partial charge in [-0.3, -0.25) is 0 Å². The molecule has 2 unspecified atom stereocenters. The second-order valence-corrected chi connectivity index (χ2v) is 7.49. The van der Waals surface area contributed by atoms with Crippen LogP contribution in [0.2, 0.25) is 0 Å². The summed E-state index contributed by atoms with van der Waals surface area (Å²) in [5, 5.41) is 3.33. The summed E-state index contributed by atoms with van der Waals surface area (Å²) < 4.78 is 22.5. The van der Waals surface area contributed by atoms with Gasteiger partial charge in [0.05, 0.1) is 5.75 Å². The van der Waals surface area contributed by atoms with Gasteiger partial charge in [0, 0.05) is 18.3 Å². The van der Waals surface area contributed by atoms with Gasteiger partial charge in [0.15, 0.2) is 0 Å². The number of hydrogen-bond acceptors (Lipinski definition) is 3. The lowest BCUT2D eigenvalue weighted by molar-refractivity contribution is 0.500. The van der Waals surface area contributed by atoms with E-state index in [9.17, 15) is 8.42 Å². The maximum Gasteiger partial charge on any atom is 0.148 e. The molecule has 0 fully saturated rings. The molecule has 3 nitrogen and oxygen atoms in total. The second kappa shape index (κ2) is 5.85. The molecule has 102 valence electrons. The molecule has 1 aromatic carbocycles. The lowest BCUT2D eigenvalue weighted by Crippen LogP contribution is -2.34. The van der Waals surface area contributed by atoms with Gasteiger partial charge < -0.3 is 5.32 Å². The monoisotopic (exact) mass is 269 g/mol. The number of sulfone groups is 1. The first kappa shape index (κ1) is 15.2. The van der Waals surface area contributed by atoms with Crippen molar-refractivity contribution in [3.05, 3.63) is 34.9 Å². The molecule has 0 bridgehead atoms. The maximum atomic E-state index is 11.2. The fourth-order valence-corrected chi connectivity index (χ4v) is 3.29. The van der Waals surface area contributed by atoms with Gasteiger partial charge in [-0.15, -0.1) is 0 Å². The van der Waals surface area contributed by atoms with E-state index in [0.717, 1.165) is 0 Å². The zero-order chi connectivity index (χ0) is 13.9. The minimum absolute atomic E-state index is 0.0455. The highest BCUT2D eigenvalue weighted by molar-refractivity contribution is 7.90. The number of aryl methyl sites for hydroxylation is 2. The van der Waals surface area contributed by atoms with Crippen molar-refractivity contribution in [1.29, 1.82) is 0 Å². The van der Waals surface area contributed by atoms with Gasteiger partial charge in [0.2, 0.25) is 0 Å². The Morgan fingerprint density at radius 1 is 1.11 bits per heavy atom. The molecule has 0 aliphatic carbocycles. The van der Waals surface area contributed by atoms with E-state index >= 15 is 0 Å². The van der Waals surface area contributed by atoms with E-state index in [1.165, 1.54) is 22.9 Å². The van der Waals surface area contributed by atoms with E-state index < -0.39 is 9.84 Å². The lowest BCUT2D eigenvalue weighted by Gasteiger charge is -2.20. The highest BCUT2D eigenvalue weighted by atomic mass is 32.2. The van der Waals surface area contributed by atoms with Crippen LogP contribution in [0, 0.1) is 13.8 Å². The number of rotatable bonds is 5. The van der Waals surface area contributed by atoms with Crippen LogP contribution in [0.15, 0.2) is 18.2 Å². The van der Waals surface area contributed by atoms with E-state index in [1.54, 1.807) is 0 Å². The van der Waals surface area contributed by atoms with Crippen molar-refractivity contribution in [3.63, 3.8) is 0 Å². The molecule has 0 amide bonds. The Kier molecular flexibility index (Phi) is 4.93. The predicted molar refractivity (Wildman–Crippen MR) is 76.6 cm³/mol. The zero-order valence-corrected chi connectivity index (χ0v) is 12.6. The van der Waals surface area contributed by atoms with E-state index in [-0.39, 0.29) is 17.8 Å². The molecule has 1 N–H and O–H groups in total. The number of benzene rings is 1. The summed E-state index contributed by atoms with van der Waals surface area (Å²) in [5.74, 6) is 0.169. The molecular weight excluding hydrogens is 246 g/mol. The third-order valence-electron chi connectivity index (χ3n) is 2.83. The molecule has 2 atom stereocenters. The average Bonchev–Trinajstić information content (AvgIpc) is 2.12. The summed E-state index contributed by atoms with van der Waals surface area (Å²) in [5.41, 5.74) is 3.66. The highest BCUT2D eigenvalue weighted by Crippen LogP contribution is 2.17. The molecule has 0 saturated carbocycles. The molecule has 18 heavy (non-hydrogen) atoms. The van der Waals surface area contributed by atoms with E-state index in [0.29, 0.717) is 0 Å². The fourth-order valence-electron chi connectivity index (χ4n) is 2.29. The van der Waals surface area contributed by atoms with Crippen LogP contribution in [0.5, 0.6) is 0 Å². The van der Waals surface area contributed by atoms with Gasteiger partial charge in [0.1, 0.15) is 9.84 Å². The molecule has 0 aliphatic rings. The van der Waals surface area contributed by atoms with Crippen molar-refractivity contribution >= 4 is 9.84 Å². The van der Waals surface area contributed by atoms with Gasteiger partial charge in [-0.25, -0.2) is 8.42 Å². The summed E-state index contributed by atoms with van der Waals surface area (Å²) in [6.07, 6.45) is 1.27. The van der Waals surface area contributed by atoms with Crippen LogP contribution in [0.4, 0.5) is 0 Å². The third-order valence-corrected chi connectivity index (χ3v) is 3.94.